The molecule has 0 radical (unpaired) electrons. The van der Waals surface area contributed by atoms with Gasteiger partial charge in [0.2, 0.25) is 0 Å². The maximum atomic E-state index is 9.91. The Labute approximate surface area is 89.3 Å². The second kappa shape index (κ2) is 3.68. The first-order chi connectivity index (χ1) is 6.94. The van der Waals surface area contributed by atoms with Gasteiger partial charge in [0.05, 0.1) is 6.10 Å². The number of ether oxygens (including phenoxy) is 4. The highest BCUT2D eigenvalue weighted by Crippen LogP contribution is 2.37. The van der Waals surface area contributed by atoms with Gasteiger partial charge in [0.15, 0.2) is 12.1 Å². The summed E-state index contributed by atoms with van der Waals surface area (Å²) in [6, 6.07) is 0. The highest BCUT2D eigenvalue weighted by atomic mass is 16.8. The van der Waals surface area contributed by atoms with Gasteiger partial charge < -0.3 is 24.1 Å². The van der Waals surface area contributed by atoms with Crippen LogP contribution in [0.1, 0.15) is 20.8 Å². The lowest BCUT2D eigenvalue weighted by Crippen LogP contribution is -2.55. The minimum atomic E-state index is -0.694. The first kappa shape index (κ1) is 11.3. The molecule has 0 aliphatic carbocycles. The maximum absolute atomic E-state index is 9.91. The summed E-state index contributed by atoms with van der Waals surface area (Å²) in [6.45, 7) is 5.42. The molecule has 1 N–H and O–H groups in total. The van der Waals surface area contributed by atoms with Crippen LogP contribution in [-0.2, 0) is 18.9 Å². The van der Waals surface area contributed by atoms with Crippen molar-refractivity contribution in [3.8, 4) is 0 Å². The van der Waals surface area contributed by atoms with E-state index in [1.807, 2.05) is 13.8 Å². The van der Waals surface area contributed by atoms with Gasteiger partial charge in [0.25, 0.3) is 0 Å². The summed E-state index contributed by atoms with van der Waals surface area (Å²) in [4.78, 5) is 0. The molecule has 2 aliphatic heterocycles. The van der Waals surface area contributed by atoms with Crippen molar-refractivity contribution in [1.29, 1.82) is 0 Å². The molecule has 15 heavy (non-hydrogen) atoms. The van der Waals surface area contributed by atoms with Gasteiger partial charge in [-0.1, -0.05) is 0 Å². The van der Waals surface area contributed by atoms with Crippen LogP contribution in [0.5, 0.6) is 0 Å². The monoisotopic (exact) mass is 218 g/mol. The third-order valence-electron chi connectivity index (χ3n) is 2.83. The fourth-order valence-electron chi connectivity index (χ4n) is 2.12. The van der Waals surface area contributed by atoms with E-state index in [1.165, 1.54) is 0 Å². The molecule has 2 rings (SSSR count). The van der Waals surface area contributed by atoms with E-state index < -0.39 is 18.2 Å². The third-order valence-corrected chi connectivity index (χ3v) is 2.83. The lowest BCUT2D eigenvalue weighted by molar-refractivity contribution is -0.262. The lowest BCUT2D eigenvalue weighted by atomic mass is 10.0. The van der Waals surface area contributed by atoms with Crippen molar-refractivity contribution in [2.45, 2.75) is 57.3 Å². The smallest absolute Gasteiger partial charge is 0.186 e. The van der Waals surface area contributed by atoms with Crippen LogP contribution >= 0.6 is 0 Å². The SMILES string of the molecule is CO[C@@H]1OC(C)[C@H](O)C2OC(C)(C)OC21. The average molecular weight is 218 g/mol. The van der Waals surface area contributed by atoms with Crippen LogP contribution in [0.2, 0.25) is 0 Å². The first-order valence-corrected chi connectivity index (χ1v) is 5.16. The summed E-state index contributed by atoms with van der Waals surface area (Å²) in [5, 5.41) is 9.91. The summed E-state index contributed by atoms with van der Waals surface area (Å²) < 4.78 is 21.9. The zero-order chi connectivity index (χ0) is 11.2. The molecule has 5 atom stereocenters. The van der Waals surface area contributed by atoms with Gasteiger partial charge in [0, 0.05) is 7.11 Å². The van der Waals surface area contributed by atoms with E-state index in [2.05, 4.69) is 0 Å². The minimum absolute atomic E-state index is 0.311. The van der Waals surface area contributed by atoms with Gasteiger partial charge in [-0.05, 0) is 20.8 Å². The predicted octanol–water partition coefficient (Wildman–Crippen LogP) is 0.259. The van der Waals surface area contributed by atoms with Crippen LogP contribution in [0.4, 0.5) is 0 Å². The molecule has 0 aromatic heterocycles. The average Bonchev–Trinajstić information content (AvgIpc) is 2.48. The number of hydrogen-bond acceptors (Lipinski definition) is 5. The number of fused-ring (bicyclic) bond motifs is 1. The molecule has 2 fully saturated rings. The molecule has 3 unspecified atom stereocenters. The number of aliphatic hydroxyl groups excluding tert-OH is 1. The molecular weight excluding hydrogens is 200 g/mol. The van der Waals surface area contributed by atoms with Crippen LogP contribution in [0, 0.1) is 0 Å². The molecule has 0 aromatic carbocycles. The number of rotatable bonds is 1. The molecule has 0 saturated carbocycles. The van der Waals surface area contributed by atoms with Gasteiger partial charge >= 0.3 is 0 Å². The van der Waals surface area contributed by atoms with E-state index in [4.69, 9.17) is 18.9 Å². The highest BCUT2D eigenvalue weighted by Gasteiger charge is 2.54. The molecule has 5 nitrogen and oxygen atoms in total. The van der Waals surface area contributed by atoms with Crippen molar-refractivity contribution < 1.29 is 24.1 Å². The Morgan fingerprint density at radius 2 is 1.80 bits per heavy atom. The third kappa shape index (κ3) is 1.90. The van der Waals surface area contributed by atoms with Crippen molar-refractivity contribution in [1.82, 2.24) is 0 Å². The van der Waals surface area contributed by atoms with Crippen LogP contribution in [-0.4, -0.2) is 48.7 Å². The molecule has 2 heterocycles. The van der Waals surface area contributed by atoms with E-state index in [1.54, 1.807) is 14.0 Å². The Bertz CT molecular complexity index is 234. The van der Waals surface area contributed by atoms with Crippen molar-refractivity contribution in [2.24, 2.45) is 0 Å². The van der Waals surface area contributed by atoms with Gasteiger partial charge in [-0.15, -0.1) is 0 Å². The Balaban J connectivity index is 2.18. The first-order valence-electron chi connectivity index (χ1n) is 5.16. The fourth-order valence-corrected chi connectivity index (χ4v) is 2.12. The van der Waals surface area contributed by atoms with Gasteiger partial charge in [0.1, 0.15) is 18.3 Å². The normalized spacial score (nSPS) is 49.0. The van der Waals surface area contributed by atoms with Crippen LogP contribution < -0.4 is 0 Å². The summed E-state index contributed by atoms with van der Waals surface area (Å²) in [5.41, 5.74) is 0. The van der Waals surface area contributed by atoms with E-state index in [0.29, 0.717) is 0 Å². The summed E-state index contributed by atoms with van der Waals surface area (Å²) >= 11 is 0. The summed E-state index contributed by atoms with van der Waals surface area (Å²) in [5.74, 6) is -0.694. The predicted molar refractivity (Wildman–Crippen MR) is 51.2 cm³/mol. The zero-order valence-corrected chi connectivity index (χ0v) is 9.47. The van der Waals surface area contributed by atoms with E-state index in [0.717, 1.165) is 0 Å². The van der Waals surface area contributed by atoms with E-state index in [9.17, 15) is 5.11 Å². The maximum Gasteiger partial charge on any atom is 0.186 e. The molecule has 0 aromatic rings. The Hall–Kier alpha value is -0.200. The molecule has 0 spiro atoms. The lowest BCUT2D eigenvalue weighted by Gasteiger charge is -2.37. The van der Waals surface area contributed by atoms with Gasteiger partial charge in [-0.3, -0.25) is 0 Å². The van der Waals surface area contributed by atoms with Crippen LogP contribution in [0.15, 0.2) is 0 Å². The Morgan fingerprint density at radius 1 is 1.20 bits per heavy atom. The zero-order valence-electron chi connectivity index (χ0n) is 9.47. The van der Waals surface area contributed by atoms with Gasteiger partial charge in [-0.25, -0.2) is 0 Å². The highest BCUT2D eigenvalue weighted by molar-refractivity contribution is 4.94. The van der Waals surface area contributed by atoms with Crippen molar-refractivity contribution in [2.75, 3.05) is 7.11 Å². The van der Waals surface area contributed by atoms with E-state index in [-0.39, 0.29) is 18.3 Å². The summed E-state index contributed by atoms with van der Waals surface area (Å²) in [6.07, 6.45) is -2.21. The van der Waals surface area contributed by atoms with Crippen LogP contribution in [0.3, 0.4) is 0 Å². The number of aliphatic hydroxyl groups is 1. The molecule has 2 saturated heterocycles. The molecule has 88 valence electrons. The molecular formula is C10H18O5. The Morgan fingerprint density at radius 3 is 2.40 bits per heavy atom. The second-order valence-corrected chi connectivity index (χ2v) is 4.50. The largest absolute Gasteiger partial charge is 0.388 e. The molecule has 0 amide bonds. The Kier molecular flexibility index (Phi) is 2.77. The topological polar surface area (TPSA) is 57.2 Å². The van der Waals surface area contributed by atoms with Crippen molar-refractivity contribution in [3.63, 3.8) is 0 Å². The minimum Gasteiger partial charge on any atom is -0.388 e. The van der Waals surface area contributed by atoms with Crippen molar-refractivity contribution >= 4 is 0 Å². The quantitative estimate of drug-likeness (QED) is 0.684. The summed E-state index contributed by atoms with van der Waals surface area (Å²) in [7, 11) is 1.56. The number of hydrogen-bond donors (Lipinski definition) is 1. The molecule has 0 bridgehead atoms. The number of methoxy groups -OCH3 is 1. The molecule has 2 aliphatic rings. The standard InChI is InChI=1S/C10H18O5/c1-5-6(11)7-8(9(12-4)13-5)15-10(2,3)14-7/h5-9,11H,1-4H3/t5?,6-,7?,8?,9+/m0/s1. The van der Waals surface area contributed by atoms with Crippen molar-refractivity contribution in [3.05, 3.63) is 0 Å². The van der Waals surface area contributed by atoms with Gasteiger partial charge in [-0.2, -0.15) is 0 Å². The van der Waals surface area contributed by atoms with Crippen LogP contribution in [0.25, 0.3) is 0 Å². The second-order valence-electron chi connectivity index (χ2n) is 4.50. The fraction of sp³-hybridized carbons (Fsp3) is 1.00. The van der Waals surface area contributed by atoms with E-state index >= 15 is 0 Å². The molecule has 5 heteroatoms.